The number of benzene rings is 1. The fourth-order valence-corrected chi connectivity index (χ4v) is 2.04. The number of amidine groups is 1. The molecule has 1 aliphatic heterocycles. The van der Waals surface area contributed by atoms with Gasteiger partial charge < -0.3 is 15.4 Å². The summed E-state index contributed by atoms with van der Waals surface area (Å²) in [6.07, 6.45) is 0. The topological polar surface area (TPSA) is 62.3 Å². The first-order valence-electron chi connectivity index (χ1n) is 5.15. The molecule has 5 heteroatoms. The van der Waals surface area contributed by atoms with Gasteiger partial charge in [-0.15, -0.1) is 0 Å². The Morgan fingerprint density at radius 3 is 2.62 bits per heavy atom. The molecule has 2 rings (SSSR count). The summed E-state index contributed by atoms with van der Waals surface area (Å²) < 4.78 is 5.28. The molecule has 0 atom stereocenters. The van der Waals surface area contributed by atoms with Crippen molar-refractivity contribution >= 4 is 23.1 Å². The molecule has 1 aromatic rings. The van der Waals surface area contributed by atoms with E-state index >= 15 is 0 Å². The number of morpholine rings is 1. The molecule has 1 fully saturated rings. The largest absolute Gasteiger partial charge is 0.384 e. The van der Waals surface area contributed by atoms with Gasteiger partial charge in [0.2, 0.25) is 0 Å². The zero-order chi connectivity index (χ0) is 11.5. The molecule has 0 aromatic heterocycles. The van der Waals surface area contributed by atoms with Crippen LogP contribution in [0.1, 0.15) is 5.56 Å². The van der Waals surface area contributed by atoms with Crippen LogP contribution in [-0.2, 0) is 4.74 Å². The molecule has 0 saturated carbocycles. The molecule has 0 unspecified atom stereocenters. The summed E-state index contributed by atoms with van der Waals surface area (Å²) in [5.41, 5.74) is 7.04. The van der Waals surface area contributed by atoms with E-state index in [2.05, 4.69) is 4.90 Å². The molecule has 0 spiro atoms. The van der Waals surface area contributed by atoms with Gasteiger partial charge in [0, 0.05) is 18.7 Å². The first-order valence-corrected chi connectivity index (χ1v) is 5.53. The minimum atomic E-state index is 0.0374. The van der Waals surface area contributed by atoms with Crippen LogP contribution in [0.2, 0.25) is 5.02 Å². The van der Waals surface area contributed by atoms with Crippen LogP contribution in [-0.4, -0.2) is 32.1 Å². The second-order valence-corrected chi connectivity index (χ2v) is 4.09. The van der Waals surface area contributed by atoms with Gasteiger partial charge in [0.25, 0.3) is 0 Å². The van der Waals surface area contributed by atoms with Crippen molar-refractivity contribution in [2.45, 2.75) is 0 Å². The molecular weight excluding hydrogens is 226 g/mol. The Labute approximate surface area is 99.5 Å². The van der Waals surface area contributed by atoms with Crippen LogP contribution < -0.4 is 10.6 Å². The van der Waals surface area contributed by atoms with E-state index in [0.29, 0.717) is 10.6 Å². The predicted octanol–water partition coefficient (Wildman–Crippen LogP) is 1.46. The number of halogens is 1. The Hall–Kier alpha value is -1.26. The number of rotatable bonds is 2. The van der Waals surface area contributed by atoms with E-state index in [1.54, 1.807) is 6.07 Å². The van der Waals surface area contributed by atoms with Crippen molar-refractivity contribution in [3.8, 4) is 0 Å². The predicted molar refractivity (Wildman–Crippen MR) is 65.5 cm³/mol. The van der Waals surface area contributed by atoms with Crippen molar-refractivity contribution in [1.29, 1.82) is 5.41 Å². The number of nitrogen functional groups attached to an aromatic ring is 1. The fraction of sp³-hybridized carbons (Fsp3) is 0.364. The van der Waals surface area contributed by atoms with Gasteiger partial charge in [0.1, 0.15) is 5.84 Å². The average molecular weight is 240 g/mol. The monoisotopic (exact) mass is 239 g/mol. The highest BCUT2D eigenvalue weighted by atomic mass is 35.5. The Morgan fingerprint density at radius 2 is 2.06 bits per heavy atom. The highest BCUT2D eigenvalue weighted by Gasteiger charge is 2.14. The van der Waals surface area contributed by atoms with Gasteiger partial charge in [-0.2, -0.15) is 0 Å². The highest BCUT2D eigenvalue weighted by Crippen LogP contribution is 2.27. The molecular formula is C11H14ClN3O. The lowest BCUT2D eigenvalue weighted by molar-refractivity contribution is 0.122. The Kier molecular flexibility index (Phi) is 3.31. The summed E-state index contributed by atoms with van der Waals surface area (Å²) in [7, 11) is 0. The van der Waals surface area contributed by atoms with Crippen molar-refractivity contribution in [3.05, 3.63) is 28.8 Å². The first kappa shape index (κ1) is 11.2. The molecule has 0 bridgehead atoms. The first-order chi connectivity index (χ1) is 7.68. The van der Waals surface area contributed by atoms with Crippen LogP contribution in [0.4, 0.5) is 5.69 Å². The molecule has 1 saturated heterocycles. The second-order valence-electron chi connectivity index (χ2n) is 3.68. The van der Waals surface area contributed by atoms with E-state index in [4.69, 9.17) is 27.5 Å². The van der Waals surface area contributed by atoms with Gasteiger partial charge in [0.15, 0.2) is 0 Å². The van der Waals surface area contributed by atoms with Crippen LogP contribution in [0.15, 0.2) is 18.2 Å². The normalized spacial score (nSPS) is 16.2. The molecule has 4 nitrogen and oxygen atoms in total. The smallest absolute Gasteiger partial charge is 0.122 e. The number of nitrogens with two attached hydrogens (primary N) is 1. The standard InChI is InChI=1S/C11H14ClN3O/c12-9-7-8(11(13)14)1-2-10(9)15-3-5-16-6-4-15/h1-2,7H,3-6H2,(H3,13,14). The van der Waals surface area contributed by atoms with Gasteiger partial charge in [-0.3, -0.25) is 5.41 Å². The lowest BCUT2D eigenvalue weighted by Crippen LogP contribution is -2.36. The Balaban J connectivity index is 2.24. The van der Waals surface area contributed by atoms with Crippen molar-refractivity contribution < 1.29 is 4.74 Å². The molecule has 3 N–H and O–H groups in total. The molecule has 16 heavy (non-hydrogen) atoms. The third kappa shape index (κ3) is 2.28. The molecule has 0 radical (unpaired) electrons. The Bertz CT molecular complexity index is 402. The van der Waals surface area contributed by atoms with E-state index in [-0.39, 0.29) is 5.84 Å². The lowest BCUT2D eigenvalue weighted by atomic mass is 10.1. The maximum Gasteiger partial charge on any atom is 0.122 e. The van der Waals surface area contributed by atoms with Crippen molar-refractivity contribution in [1.82, 2.24) is 0 Å². The third-order valence-corrected chi connectivity index (χ3v) is 2.91. The number of nitrogens with zero attached hydrogens (tertiary/aromatic N) is 1. The maximum absolute atomic E-state index is 7.33. The summed E-state index contributed by atoms with van der Waals surface area (Å²) in [5.74, 6) is 0.0374. The highest BCUT2D eigenvalue weighted by molar-refractivity contribution is 6.33. The van der Waals surface area contributed by atoms with Crippen molar-refractivity contribution in [3.63, 3.8) is 0 Å². The van der Waals surface area contributed by atoms with E-state index in [9.17, 15) is 0 Å². The van der Waals surface area contributed by atoms with Gasteiger partial charge in [-0.1, -0.05) is 11.6 Å². The number of hydrogen-bond donors (Lipinski definition) is 2. The molecule has 1 aromatic carbocycles. The zero-order valence-corrected chi connectivity index (χ0v) is 9.63. The fourth-order valence-electron chi connectivity index (χ4n) is 1.74. The van der Waals surface area contributed by atoms with Crippen molar-refractivity contribution in [2.24, 2.45) is 5.73 Å². The lowest BCUT2D eigenvalue weighted by Gasteiger charge is -2.29. The minimum Gasteiger partial charge on any atom is -0.384 e. The van der Waals surface area contributed by atoms with E-state index < -0.39 is 0 Å². The molecule has 0 amide bonds. The van der Waals surface area contributed by atoms with Crippen LogP contribution in [0.5, 0.6) is 0 Å². The van der Waals surface area contributed by atoms with Gasteiger partial charge in [-0.05, 0) is 18.2 Å². The number of anilines is 1. The molecule has 0 aliphatic carbocycles. The van der Waals surface area contributed by atoms with Crippen LogP contribution in [0.25, 0.3) is 0 Å². The van der Waals surface area contributed by atoms with Crippen LogP contribution >= 0.6 is 11.6 Å². The average Bonchev–Trinajstić information content (AvgIpc) is 2.30. The number of ether oxygens (including phenoxy) is 1. The van der Waals surface area contributed by atoms with Crippen molar-refractivity contribution in [2.75, 3.05) is 31.2 Å². The van der Waals surface area contributed by atoms with Crippen LogP contribution in [0, 0.1) is 5.41 Å². The van der Waals surface area contributed by atoms with E-state index in [1.807, 2.05) is 12.1 Å². The van der Waals surface area contributed by atoms with E-state index in [1.165, 1.54) is 0 Å². The second kappa shape index (κ2) is 4.72. The summed E-state index contributed by atoms with van der Waals surface area (Å²) in [4.78, 5) is 2.18. The van der Waals surface area contributed by atoms with Crippen LogP contribution in [0.3, 0.4) is 0 Å². The SMILES string of the molecule is N=C(N)c1ccc(N2CCOCC2)c(Cl)c1. The summed E-state index contributed by atoms with van der Waals surface area (Å²) in [6.45, 7) is 3.15. The quantitative estimate of drug-likeness (QED) is 0.607. The maximum atomic E-state index is 7.33. The molecule has 86 valence electrons. The summed E-state index contributed by atoms with van der Waals surface area (Å²) in [5, 5.41) is 7.97. The number of nitrogens with one attached hydrogen (secondary N) is 1. The molecule has 1 heterocycles. The van der Waals surface area contributed by atoms with Gasteiger partial charge >= 0.3 is 0 Å². The summed E-state index contributed by atoms with van der Waals surface area (Å²) in [6, 6.07) is 5.46. The number of hydrogen-bond acceptors (Lipinski definition) is 3. The molecule has 1 aliphatic rings. The zero-order valence-electron chi connectivity index (χ0n) is 8.87. The minimum absolute atomic E-state index is 0.0374. The van der Waals surface area contributed by atoms with E-state index in [0.717, 1.165) is 32.0 Å². The third-order valence-electron chi connectivity index (χ3n) is 2.61. The summed E-state index contributed by atoms with van der Waals surface area (Å²) >= 11 is 6.17. The van der Waals surface area contributed by atoms with Gasteiger partial charge in [-0.25, -0.2) is 0 Å². The Morgan fingerprint density at radius 1 is 1.38 bits per heavy atom. The van der Waals surface area contributed by atoms with Gasteiger partial charge in [0.05, 0.1) is 23.9 Å².